The zero-order valence-electron chi connectivity index (χ0n) is 10.3. The summed E-state index contributed by atoms with van der Waals surface area (Å²) in [7, 11) is 0. The van der Waals surface area contributed by atoms with E-state index in [0.29, 0.717) is 13.1 Å². The number of phenolic OH excluding ortho intramolecular Hbond substituents is 1. The molecule has 4 heteroatoms. The van der Waals surface area contributed by atoms with E-state index in [4.69, 9.17) is 0 Å². The maximum absolute atomic E-state index is 12.4. The van der Waals surface area contributed by atoms with Crippen molar-refractivity contribution in [1.82, 2.24) is 5.32 Å². The van der Waals surface area contributed by atoms with Gasteiger partial charge < -0.3 is 10.4 Å². The third kappa shape index (κ3) is 3.76. The van der Waals surface area contributed by atoms with Gasteiger partial charge in [-0.25, -0.2) is 8.78 Å². The van der Waals surface area contributed by atoms with E-state index in [1.54, 1.807) is 24.3 Å². The number of alkyl halides is 2. The molecule has 2 aromatic carbocycles. The Morgan fingerprint density at radius 1 is 0.947 bits per heavy atom. The highest BCUT2D eigenvalue weighted by atomic mass is 19.3. The van der Waals surface area contributed by atoms with Crippen molar-refractivity contribution >= 4 is 0 Å². The Balaban J connectivity index is 1.87. The number of halogens is 2. The highest BCUT2D eigenvalue weighted by Crippen LogP contribution is 2.19. The first-order chi connectivity index (χ1) is 9.16. The molecule has 0 unspecified atom stereocenters. The summed E-state index contributed by atoms with van der Waals surface area (Å²) in [5.74, 6) is 0.253. The quantitative estimate of drug-likeness (QED) is 0.863. The number of hydrogen-bond donors (Lipinski definition) is 2. The SMILES string of the molecule is Oc1ccccc1CNCc1ccc(C(F)F)cc1. The molecule has 2 N–H and O–H groups in total. The van der Waals surface area contributed by atoms with Gasteiger partial charge in [0.15, 0.2) is 0 Å². The minimum atomic E-state index is -2.43. The maximum atomic E-state index is 12.4. The van der Waals surface area contributed by atoms with Gasteiger partial charge in [0, 0.05) is 24.2 Å². The number of aromatic hydroxyl groups is 1. The van der Waals surface area contributed by atoms with Crippen LogP contribution in [0.15, 0.2) is 48.5 Å². The van der Waals surface area contributed by atoms with Gasteiger partial charge in [0.25, 0.3) is 6.43 Å². The van der Waals surface area contributed by atoms with Crippen molar-refractivity contribution in [2.45, 2.75) is 19.5 Å². The monoisotopic (exact) mass is 263 g/mol. The van der Waals surface area contributed by atoms with Gasteiger partial charge in [-0.2, -0.15) is 0 Å². The molecule has 0 saturated carbocycles. The van der Waals surface area contributed by atoms with Crippen LogP contribution >= 0.6 is 0 Å². The molecular formula is C15H15F2NO. The van der Waals surface area contributed by atoms with Gasteiger partial charge in [-0.3, -0.25) is 0 Å². The molecular weight excluding hydrogens is 248 g/mol. The van der Waals surface area contributed by atoms with Crippen LogP contribution in [0.4, 0.5) is 8.78 Å². The molecule has 2 nitrogen and oxygen atoms in total. The third-order valence-corrected chi connectivity index (χ3v) is 2.87. The molecule has 0 aliphatic heterocycles. The molecule has 0 aromatic heterocycles. The molecule has 0 aliphatic rings. The van der Waals surface area contributed by atoms with Gasteiger partial charge in [-0.05, 0) is 11.6 Å². The summed E-state index contributed by atoms with van der Waals surface area (Å²) in [5.41, 5.74) is 1.77. The number of nitrogens with one attached hydrogen (secondary N) is 1. The molecule has 0 heterocycles. The molecule has 0 spiro atoms. The van der Waals surface area contributed by atoms with Crippen LogP contribution in [0.2, 0.25) is 0 Å². The van der Waals surface area contributed by atoms with E-state index in [1.807, 2.05) is 12.1 Å². The average Bonchev–Trinajstić information content (AvgIpc) is 2.41. The van der Waals surface area contributed by atoms with E-state index >= 15 is 0 Å². The lowest BCUT2D eigenvalue weighted by atomic mass is 10.1. The summed E-state index contributed by atoms with van der Waals surface area (Å²) < 4.78 is 24.7. The number of rotatable bonds is 5. The Hall–Kier alpha value is -1.94. The van der Waals surface area contributed by atoms with Crippen molar-refractivity contribution in [2.75, 3.05) is 0 Å². The Morgan fingerprint density at radius 3 is 2.26 bits per heavy atom. The second kappa shape index (κ2) is 6.29. The summed E-state index contributed by atoms with van der Waals surface area (Å²) in [5, 5.41) is 12.7. The largest absolute Gasteiger partial charge is 0.508 e. The smallest absolute Gasteiger partial charge is 0.263 e. The number of benzene rings is 2. The fraction of sp³-hybridized carbons (Fsp3) is 0.200. The summed E-state index contributed by atoms with van der Waals surface area (Å²) in [6.07, 6.45) is -2.43. The van der Waals surface area contributed by atoms with Gasteiger partial charge in [0.05, 0.1) is 0 Å². The van der Waals surface area contributed by atoms with E-state index in [-0.39, 0.29) is 11.3 Å². The van der Waals surface area contributed by atoms with E-state index in [0.717, 1.165) is 11.1 Å². The maximum Gasteiger partial charge on any atom is 0.263 e. The van der Waals surface area contributed by atoms with Crippen molar-refractivity contribution in [3.8, 4) is 5.75 Å². The van der Waals surface area contributed by atoms with Crippen LogP contribution in [0.3, 0.4) is 0 Å². The predicted octanol–water partition coefficient (Wildman–Crippen LogP) is 3.62. The first-order valence-electron chi connectivity index (χ1n) is 6.01. The van der Waals surface area contributed by atoms with Crippen molar-refractivity contribution in [1.29, 1.82) is 0 Å². The summed E-state index contributed by atoms with van der Waals surface area (Å²) in [6.45, 7) is 1.10. The van der Waals surface area contributed by atoms with Crippen LogP contribution in [0.1, 0.15) is 23.1 Å². The van der Waals surface area contributed by atoms with E-state index < -0.39 is 6.43 Å². The standard InChI is InChI=1S/C15H15F2NO/c16-15(17)12-7-5-11(6-8-12)9-18-10-13-3-1-2-4-14(13)19/h1-8,15,18-19H,9-10H2. The Morgan fingerprint density at radius 2 is 1.63 bits per heavy atom. The van der Waals surface area contributed by atoms with Crippen molar-refractivity contribution in [3.63, 3.8) is 0 Å². The van der Waals surface area contributed by atoms with Crippen molar-refractivity contribution < 1.29 is 13.9 Å². The van der Waals surface area contributed by atoms with Gasteiger partial charge in [0.2, 0.25) is 0 Å². The zero-order chi connectivity index (χ0) is 13.7. The zero-order valence-corrected chi connectivity index (χ0v) is 10.3. The van der Waals surface area contributed by atoms with Crippen LogP contribution in [0, 0.1) is 0 Å². The van der Waals surface area contributed by atoms with E-state index in [1.165, 1.54) is 12.1 Å². The minimum Gasteiger partial charge on any atom is -0.508 e. The molecule has 0 fully saturated rings. The first-order valence-corrected chi connectivity index (χ1v) is 6.01. The lowest BCUT2D eigenvalue weighted by Crippen LogP contribution is -2.12. The highest BCUT2D eigenvalue weighted by Gasteiger charge is 2.05. The lowest BCUT2D eigenvalue weighted by Gasteiger charge is -2.07. The predicted molar refractivity (Wildman–Crippen MR) is 70.0 cm³/mol. The summed E-state index contributed by atoms with van der Waals surface area (Å²) in [4.78, 5) is 0. The van der Waals surface area contributed by atoms with Crippen molar-refractivity contribution in [2.24, 2.45) is 0 Å². The van der Waals surface area contributed by atoms with Gasteiger partial charge >= 0.3 is 0 Å². The number of para-hydroxylation sites is 1. The third-order valence-electron chi connectivity index (χ3n) is 2.87. The molecule has 0 radical (unpaired) electrons. The number of hydrogen-bond acceptors (Lipinski definition) is 2. The fourth-order valence-electron chi connectivity index (χ4n) is 1.78. The Bertz CT molecular complexity index is 526. The minimum absolute atomic E-state index is 0.0319. The van der Waals surface area contributed by atoms with Crippen LogP contribution in [0.5, 0.6) is 5.75 Å². The van der Waals surface area contributed by atoms with Crippen LogP contribution in [-0.2, 0) is 13.1 Å². The molecule has 0 atom stereocenters. The Kier molecular flexibility index (Phi) is 4.47. The second-order valence-electron chi connectivity index (χ2n) is 4.27. The van der Waals surface area contributed by atoms with Crippen LogP contribution in [-0.4, -0.2) is 5.11 Å². The van der Waals surface area contributed by atoms with Crippen LogP contribution < -0.4 is 5.32 Å². The van der Waals surface area contributed by atoms with Crippen LogP contribution in [0.25, 0.3) is 0 Å². The molecule has 100 valence electrons. The Labute approximate surface area is 110 Å². The molecule has 0 aliphatic carbocycles. The lowest BCUT2D eigenvalue weighted by molar-refractivity contribution is 0.151. The van der Waals surface area contributed by atoms with Gasteiger partial charge in [-0.15, -0.1) is 0 Å². The molecule has 0 bridgehead atoms. The summed E-state index contributed by atoms with van der Waals surface area (Å²) >= 11 is 0. The van der Waals surface area contributed by atoms with Gasteiger partial charge in [0.1, 0.15) is 5.75 Å². The normalized spacial score (nSPS) is 10.9. The highest BCUT2D eigenvalue weighted by molar-refractivity contribution is 5.31. The van der Waals surface area contributed by atoms with E-state index in [2.05, 4.69) is 5.32 Å². The number of phenols is 1. The molecule has 2 rings (SSSR count). The van der Waals surface area contributed by atoms with Crippen molar-refractivity contribution in [3.05, 3.63) is 65.2 Å². The van der Waals surface area contributed by atoms with Gasteiger partial charge in [-0.1, -0.05) is 42.5 Å². The second-order valence-corrected chi connectivity index (χ2v) is 4.27. The summed E-state index contributed by atoms with van der Waals surface area (Å²) in [6, 6.07) is 13.3. The molecule has 19 heavy (non-hydrogen) atoms. The molecule has 0 amide bonds. The molecule has 2 aromatic rings. The first kappa shape index (κ1) is 13.5. The molecule has 0 saturated heterocycles. The average molecular weight is 263 g/mol. The fourth-order valence-corrected chi connectivity index (χ4v) is 1.78. The van der Waals surface area contributed by atoms with E-state index in [9.17, 15) is 13.9 Å². The topological polar surface area (TPSA) is 32.3 Å².